The fourth-order valence-electron chi connectivity index (χ4n) is 4.02. The van der Waals surface area contributed by atoms with Crippen LogP contribution in [0.5, 0.6) is 11.6 Å². The quantitative estimate of drug-likeness (QED) is 0.491. The summed E-state index contributed by atoms with van der Waals surface area (Å²) in [7, 11) is 1.52. The van der Waals surface area contributed by atoms with Gasteiger partial charge in [0, 0.05) is 32.3 Å². The van der Waals surface area contributed by atoms with Gasteiger partial charge in [-0.3, -0.25) is 4.57 Å². The zero-order valence-electron chi connectivity index (χ0n) is 20.0. The summed E-state index contributed by atoms with van der Waals surface area (Å²) in [4.78, 5) is 17.1. The highest BCUT2D eigenvalue weighted by Crippen LogP contribution is 2.38. The molecular formula is C23H27F3N4O6. The zero-order chi connectivity index (χ0) is 26.0. The SMILES string of the molecule is CCn1c(CO)nn(-c2cc(O[C@@H](C)C(F)(F)F)c3c(OC4CCOCC4OC)nccc3c2)c1=O. The van der Waals surface area contributed by atoms with Gasteiger partial charge in [-0.15, -0.1) is 5.10 Å². The first kappa shape index (κ1) is 25.9. The molecule has 1 saturated heterocycles. The summed E-state index contributed by atoms with van der Waals surface area (Å²) >= 11 is 0. The number of aliphatic hydroxyl groups excluding tert-OH is 1. The standard InChI is InChI=1S/C23H27F3N4O6/c1-4-29-19(11-31)28-30(22(29)32)15-9-14-5-7-27-21(36-16-6-8-34-12-18(16)33-3)20(14)17(10-15)35-13(2)23(24,25)26/h5,7,9-10,13,16,18,31H,4,6,8,11-12H2,1-3H3/t13-,16?,18?/m0/s1. The highest BCUT2D eigenvalue weighted by atomic mass is 19.4. The van der Waals surface area contributed by atoms with Crippen molar-refractivity contribution < 1.29 is 37.2 Å². The van der Waals surface area contributed by atoms with Gasteiger partial charge in [-0.2, -0.15) is 17.9 Å². The first-order valence-corrected chi connectivity index (χ1v) is 11.4. The Kier molecular flexibility index (Phi) is 7.52. The van der Waals surface area contributed by atoms with Crippen LogP contribution in [-0.2, 0) is 22.6 Å². The molecule has 1 aliphatic heterocycles. The molecule has 0 radical (unpaired) electrons. The van der Waals surface area contributed by atoms with Gasteiger partial charge in [0.1, 0.15) is 24.6 Å². The molecular weight excluding hydrogens is 485 g/mol. The van der Waals surface area contributed by atoms with E-state index in [2.05, 4.69) is 10.1 Å². The van der Waals surface area contributed by atoms with E-state index in [1.165, 1.54) is 23.9 Å². The molecule has 0 amide bonds. The lowest BCUT2D eigenvalue weighted by atomic mass is 10.1. The molecule has 1 aromatic carbocycles. The Labute approximate surface area is 204 Å². The van der Waals surface area contributed by atoms with Crippen molar-refractivity contribution >= 4 is 10.8 Å². The minimum Gasteiger partial charge on any atom is -0.480 e. The number of methoxy groups -OCH3 is 1. The largest absolute Gasteiger partial charge is 0.480 e. The number of rotatable bonds is 8. The summed E-state index contributed by atoms with van der Waals surface area (Å²) in [5, 5.41) is 14.4. The smallest absolute Gasteiger partial charge is 0.425 e. The van der Waals surface area contributed by atoms with Gasteiger partial charge in [0.15, 0.2) is 11.9 Å². The highest BCUT2D eigenvalue weighted by molar-refractivity contribution is 5.94. The summed E-state index contributed by atoms with van der Waals surface area (Å²) in [6, 6.07) is 4.43. The normalized spacial score (nSPS) is 19.4. The van der Waals surface area contributed by atoms with Gasteiger partial charge in [0.25, 0.3) is 0 Å². The fraction of sp³-hybridized carbons (Fsp3) is 0.522. The Hall–Kier alpha value is -3.16. The Morgan fingerprint density at radius 3 is 2.72 bits per heavy atom. The maximum Gasteiger partial charge on any atom is 0.425 e. The number of benzene rings is 1. The minimum absolute atomic E-state index is 0.0693. The third-order valence-corrected chi connectivity index (χ3v) is 5.99. The monoisotopic (exact) mass is 512 g/mol. The number of hydrogen-bond acceptors (Lipinski definition) is 8. The molecule has 36 heavy (non-hydrogen) atoms. The Morgan fingerprint density at radius 1 is 1.31 bits per heavy atom. The van der Waals surface area contributed by atoms with Crippen molar-refractivity contribution in [1.29, 1.82) is 0 Å². The molecule has 0 spiro atoms. The van der Waals surface area contributed by atoms with Crippen LogP contribution < -0.4 is 15.2 Å². The van der Waals surface area contributed by atoms with Crippen LogP contribution in [0.1, 0.15) is 26.1 Å². The number of aromatic nitrogens is 4. The van der Waals surface area contributed by atoms with Crippen LogP contribution in [0, 0.1) is 0 Å². The second-order valence-electron chi connectivity index (χ2n) is 8.27. The summed E-state index contributed by atoms with van der Waals surface area (Å²) in [5.41, 5.74) is -0.386. The number of hydrogen-bond donors (Lipinski definition) is 1. The Balaban J connectivity index is 1.87. The lowest BCUT2D eigenvalue weighted by Crippen LogP contribution is -2.42. The number of halogens is 3. The summed E-state index contributed by atoms with van der Waals surface area (Å²) < 4.78 is 64.9. The summed E-state index contributed by atoms with van der Waals surface area (Å²) in [6.07, 6.45) is -5.68. The second-order valence-corrected chi connectivity index (χ2v) is 8.27. The van der Waals surface area contributed by atoms with Crippen molar-refractivity contribution in [2.75, 3.05) is 20.3 Å². The van der Waals surface area contributed by atoms with E-state index in [9.17, 15) is 23.1 Å². The molecule has 3 aromatic rings. The van der Waals surface area contributed by atoms with E-state index in [1.54, 1.807) is 19.1 Å². The van der Waals surface area contributed by atoms with E-state index in [-0.39, 0.29) is 41.2 Å². The van der Waals surface area contributed by atoms with E-state index in [0.29, 0.717) is 25.0 Å². The molecule has 3 atom stereocenters. The summed E-state index contributed by atoms with van der Waals surface area (Å²) in [5.74, 6) is 0.0115. The molecule has 0 aliphatic carbocycles. The Bertz CT molecular complexity index is 1280. The van der Waals surface area contributed by atoms with Crippen molar-refractivity contribution in [2.45, 2.75) is 57.9 Å². The second kappa shape index (κ2) is 10.4. The molecule has 2 aromatic heterocycles. The molecule has 1 aliphatic rings. The fourth-order valence-corrected chi connectivity index (χ4v) is 4.02. The van der Waals surface area contributed by atoms with E-state index < -0.39 is 30.7 Å². The van der Waals surface area contributed by atoms with Crippen LogP contribution in [0.4, 0.5) is 13.2 Å². The van der Waals surface area contributed by atoms with Crippen LogP contribution in [-0.4, -0.2) is 69.2 Å². The van der Waals surface area contributed by atoms with E-state index in [1.807, 2.05) is 0 Å². The van der Waals surface area contributed by atoms with Crippen LogP contribution >= 0.6 is 0 Å². The van der Waals surface area contributed by atoms with Crippen molar-refractivity contribution in [3.8, 4) is 17.3 Å². The van der Waals surface area contributed by atoms with Crippen molar-refractivity contribution in [3.63, 3.8) is 0 Å². The predicted molar refractivity (Wildman–Crippen MR) is 122 cm³/mol. The maximum absolute atomic E-state index is 13.4. The van der Waals surface area contributed by atoms with Crippen molar-refractivity contribution in [2.24, 2.45) is 0 Å². The lowest BCUT2D eigenvalue weighted by molar-refractivity contribution is -0.189. The number of nitrogens with zero attached hydrogens (tertiary/aromatic N) is 4. The zero-order valence-corrected chi connectivity index (χ0v) is 20.0. The topological polar surface area (TPSA) is 110 Å². The average Bonchev–Trinajstić information content (AvgIpc) is 3.18. The van der Waals surface area contributed by atoms with Crippen molar-refractivity contribution in [3.05, 3.63) is 40.7 Å². The lowest BCUT2D eigenvalue weighted by Gasteiger charge is -2.30. The molecule has 3 heterocycles. The molecule has 0 bridgehead atoms. The first-order chi connectivity index (χ1) is 17.2. The van der Waals surface area contributed by atoms with Crippen LogP contribution in [0.2, 0.25) is 0 Å². The molecule has 1 N–H and O–H groups in total. The van der Waals surface area contributed by atoms with E-state index in [4.69, 9.17) is 18.9 Å². The van der Waals surface area contributed by atoms with Gasteiger partial charge >= 0.3 is 11.9 Å². The maximum atomic E-state index is 13.4. The van der Waals surface area contributed by atoms with Crippen LogP contribution in [0.25, 0.3) is 16.5 Å². The molecule has 0 saturated carbocycles. The molecule has 1 fully saturated rings. The van der Waals surface area contributed by atoms with Crippen molar-refractivity contribution in [1.82, 2.24) is 19.3 Å². The van der Waals surface area contributed by atoms with Crippen LogP contribution in [0.3, 0.4) is 0 Å². The number of alkyl halides is 3. The van der Waals surface area contributed by atoms with Gasteiger partial charge in [-0.25, -0.2) is 9.78 Å². The number of fused-ring (bicyclic) bond motifs is 1. The highest BCUT2D eigenvalue weighted by Gasteiger charge is 2.39. The van der Waals surface area contributed by atoms with Gasteiger partial charge in [0.2, 0.25) is 5.88 Å². The minimum atomic E-state index is -4.64. The third-order valence-electron chi connectivity index (χ3n) is 5.99. The average molecular weight is 512 g/mol. The van der Waals surface area contributed by atoms with E-state index in [0.717, 1.165) is 11.6 Å². The first-order valence-electron chi connectivity index (χ1n) is 11.4. The molecule has 2 unspecified atom stereocenters. The van der Waals surface area contributed by atoms with E-state index >= 15 is 0 Å². The van der Waals surface area contributed by atoms with Gasteiger partial charge in [-0.05, 0) is 31.4 Å². The molecule has 4 rings (SSSR count). The predicted octanol–water partition coefficient (Wildman–Crippen LogP) is 2.61. The number of pyridine rings is 1. The molecule has 196 valence electrons. The van der Waals surface area contributed by atoms with Gasteiger partial charge in [0.05, 0.1) is 24.3 Å². The number of aliphatic hydroxyl groups is 1. The van der Waals surface area contributed by atoms with Crippen LogP contribution in [0.15, 0.2) is 29.2 Å². The number of ether oxygens (including phenoxy) is 4. The van der Waals surface area contributed by atoms with Gasteiger partial charge in [-0.1, -0.05) is 0 Å². The summed E-state index contributed by atoms with van der Waals surface area (Å²) in [6.45, 7) is 3.11. The van der Waals surface area contributed by atoms with Gasteiger partial charge < -0.3 is 24.1 Å². The Morgan fingerprint density at radius 2 is 2.08 bits per heavy atom. The molecule has 10 nitrogen and oxygen atoms in total. The third kappa shape index (κ3) is 5.04. The molecule has 13 heteroatoms.